The molecule has 0 saturated heterocycles. The molecule has 0 amide bonds. The van der Waals surface area contributed by atoms with E-state index in [-0.39, 0.29) is 0 Å². The van der Waals surface area contributed by atoms with Crippen molar-refractivity contribution in [2.45, 2.75) is 12.3 Å². The van der Waals surface area contributed by atoms with Gasteiger partial charge in [0, 0.05) is 34.5 Å². The Labute approximate surface area is 126 Å². The van der Waals surface area contributed by atoms with E-state index in [0.717, 1.165) is 17.4 Å². The molecule has 0 spiro atoms. The van der Waals surface area contributed by atoms with E-state index in [1.807, 2.05) is 11.3 Å². The monoisotopic (exact) mass is 343 g/mol. The first-order valence-electron chi connectivity index (χ1n) is 5.78. The number of benzene rings is 1. The molecule has 1 nitrogen and oxygen atoms in total. The maximum Gasteiger partial charge on any atom is 0.0494 e. The second-order valence-electron chi connectivity index (χ2n) is 4.16. The highest BCUT2D eigenvalue weighted by Gasteiger charge is 2.07. The normalized spacial score (nSPS) is 10.6. The highest BCUT2D eigenvalue weighted by atomic mass is 79.9. The minimum atomic E-state index is 0.540. The third kappa shape index (κ3) is 3.50. The lowest BCUT2D eigenvalue weighted by molar-refractivity contribution is 0.882. The lowest BCUT2D eigenvalue weighted by atomic mass is 10.2. The fourth-order valence-corrected chi connectivity index (χ4v) is 3.21. The van der Waals surface area contributed by atoms with Gasteiger partial charge in [-0.15, -0.1) is 22.9 Å². The van der Waals surface area contributed by atoms with E-state index in [4.69, 9.17) is 11.6 Å². The van der Waals surface area contributed by atoms with E-state index in [1.165, 1.54) is 16.1 Å². The third-order valence-corrected chi connectivity index (χ3v) is 4.59. The summed E-state index contributed by atoms with van der Waals surface area (Å²) in [7, 11) is 2.12. The van der Waals surface area contributed by atoms with Gasteiger partial charge in [0.25, 0.3) is 0 Å². The molecule has 0 aliphatic carbocycles. The molecule has 0 atom stereocenters. The minimum Gasteiger partial charge on any atom is -0.374 e. The first-order valence-corrected chi connectivity index (χ1v) is 7.99. The number of halogens is 2. The number of thiophene rings is 1. The van der Waals surface area contributed by atoms with Gasteiger partial charge in [-0.3, -0.25) is 0 Å². The molecule has 0 aliphatic rings. The minimum absolute atomic E-state index is 0.540. The number of alkyl halides is 1. The average molecular weight is 345 g/mol. The summed E-state index contributed by atoms with van der Waals surface area (Å²) < 4.78 is 1.08. The number of anilines is 1. The Kier molecular flexibility index (Phi) is 5.10. The molecule has 0 fully saturated rings. The van der Waals surface area contributed by atoms with Crippen LogP contribution in [0.25, 0.3) is 0 Å². The van der Waals surface area contributed by atoms with Crippen LogP contribution in [-0.4, -0.2) is 13.6 Å². The quantitative estimate of drug-likeness (QED) is 0.695. The molecule has 96 valence electrons. The molecule has 4 heteroatoms. The molecule has 1 aromatic heterocycles. The molecule has 18 heavy (non-hydrogen) atoms. The molecule has 0 bridgehead atoms. The van der Waals surface area contributed by atoms with Crippen LogP contribution in [0.5, 0.6) is 0 Å². The van der Waals surface area contributed by atoms with Gasteiger partial charge in [-0.1, -0.05) is 22.0 Å². The van der Waals surface area contributed by atoms with E-state index in [9.17, 15) is 0 Å². The van der Waals surface area contributed by atoms with Crippen molar-refractivity contribution >= 4 is 44.6 Å². The van der Waals surface area contributed by atoms with Crippen LogP contribution in [0.15, 0.2) is 40.2 Å². The number of rotatable bonds is 5. The maximum absolute atomic E-state index is 6.00. The van der Waals surface area contributed by atoms with Gasteiger partial charge in [0.15, 0.2) is 0 Å². The molecule has 0 N–H and O–H groups in total. The molecule has 1 aromatic carbocycles. The van der Waals surface area contributed by atoms with Crippen molar-refractivity contribution in [2.24, 2.45) is 0 Å². The van der Waals surface area contributed by atoms with Crippen molar-refractivity contribution in [3.63, 3.8) is 0 Å². The standard InChI is InChI=1S/C14H15BrClNS/c1-17(7-6-13-3-2-8-18-13)14-5-4-12(15)9-11(14)10-16/h2-5,8-9H,6-7,10H2,1H3. The topological polar surface area (TPSA) is 3.24 Å². The molecular formula is C14H15BrClNS. The van der Waals surface area contributed by atoms with Crippen LogP contribution >= 0.6 is 38.9 Å². The van der Waals surface area contributed by atoms with Crippen LogP contribution in [0.1, 0.15) is 10.4 Å². The second-order valence-corrected chi connectivity index (χ2v) is 6.37. The molecule has 0 radical (unpaired) electrons. The van der Waals surface area contributed by atoms with Gasteiger partial charge in [-0.2, -0.15) is 0 Å². The van der Waals surface area contributed by atoms with E-state index in [2.05, 4.69) is 63.6 Å². The lowest BCUT2D eigenvalue weighted by Gasteiger charge is -2.22. The summed E-state index contributed by atoms with van der Waals surface area (Å²) in [5, 5.41) is 2.12. The molecule has 0 unspecified atom stereocenters. The Morgan fingerprint density at radius 2 is 2.17 bits per heavy atom. The zero-order valence-corrected chi connectivity index (χ0v) is 13.4. The molecule has 1 heterocycles. The smallest absolute Gasteiger partial charge is 0.0494 e. The Morgan fingerprint density at radius 1 is 1.33 bits per heavy atom. The van der Waals surface area contributed by atoms with Crippen LogP contribution in [0.2, 0.25) is 0 Å². The SMILES string of the molecule is CN(CCc1cccs1)c1ccc(Br)cc1CCl. The number of hydrogen-bond acceptors (Lipinski definition) is 2. The molecule has 2 aromatic rings. The number of nitrogens with zero attached hydrogens (tertiary/aromatic N) is 1. The summed E-state index contributed by atoms with van der Waals surface area (Å²) in [6.07, 6.45) is 1.08. The van der Waals surface area contributed by atoms with Crippen molar-refractivity contribution in [3.05, 3.63) is 50.6 Å². The van der Waals surface area contributed by atoms with E-state index in [0.29, 0.717) is 5.88 Å². The number of likely N-dealkylation sites (N-methyl/N-ethyl adjacent to an activating group) is 1. The summed E-state index contributed by atoms with van der Waals surface area (Å²) in [6.45, 7) is 1.01. The van der Waals surface area contributed by atoms with Crippen molar-refractivity contribution in [1.82, 2.24) is 0 Å². The largest absolute Gasteiger partial charge is 0.374 e. The molecule has 2 rings (SSSR count). The first kappa shape index (κ1) is 13.9. The zero-order valence-electron chi connectivity index (χ0n) is 10.2. The Balaban J connectivity index is 2.06. The Morgan fingerprint density at radius 3 is 2.83 bits per heavy atom. The van der Waals surface area contributed by atoms with Gasteiger partial charge in [-0.25, -0.2) is 0 Å². The third-order valence-electron chi connectivity index (χ3n) is 2.87. The van der Waals surface area contributed by atoms with Crippen LogP contribution in [0.4, 0.5) is 5.69 Å². The van der Waals surface area contributed by atoms with Crippen LogP contribution in [0.3, 0.4) is 0 Å². The fourth-order valence-electron chi connectivity index (χ4n) is 1.89. The van der Waals surface area contributed by atoms with Crippen LogP contribution < -0.4 is 4.90 Å². The molecular weight excluding hydrogens is 330 g/mol. The van der Waals surface area contributed by atoms with Crippen LogP contribution in [-0.2, 0) is 12.3 Å². The predicted molar refractivity (Wildman–Crippen MR) is 85.0 cm³/mol. The number of hydrogen-bond donors (Lipinski definition) is 0. The van der Waals surface area contributed by atoms with Crippen LogP contribution in [0, 0.1) is 0 Å². The second kappa shape index (κ2) is 6.60. The van der Waals surface area contributed by atoms with Gasteiger partial charge in [0.1, 0.15) is 0 Å². The van der Waals surface area contributed by atoms with E-state index >= 15 is 0 Å². The van der Waals surface area contributed by atoms with Gasteiger partial charge in [0.05, 0.1) is 0 Å². The lowest BCUT2D eigenvalue weighted by Crippen LogP contribution is -2.21. The Hall–Kier alpha value is -0.510. The van der Waals surface area contributed by atoms with E-state index < -0.39 is 0 Å². The first-order chi connectivity index (χ1) is 8.70. The van der Waals surface area contributed by atoms with Gasteiger partial charge >= 0.3 is 0 Å². The predicted octanol–water partition coefficient (Wildman–Crippen LogP) is 4.93. The zero-order chi connectivity index (χ0) is 13.0. The summed E-state index contributed by atoms with van der Waals surface area (Å²) in [5.41, 5.74) is 2.38. The van der Waals surface area contributed by atoms with Gasteiger partial charge in [0.2, 0.25) is 0 Å². The van der Waals surface area contributed by atoms with Gasteiger partial charge in [-0.05, 0) is 41.6 Å². The average Bonchev–Trinajstić information content (AvgIpc) is 2.88. The Bertz CT molecular complexity index is 499. The van der Waals surface area contributed by atoms with Crippen molar-refractivity contribution in [2.75, 3.05) is 18.5 Å². The highest BCUT2D eigenvalue weighted by molar-refractivity contribution is 9.10. The molecule has 0 saturated carbocycles. The van der Waals surface area contributed by atoms with Crippen molar-refractivity contribution in [1.29, 1.82) is 0 Å². The van der Waals surface area contributed by atoms with Crippen molar-refractivity contribution in [3.8, 4) is 0 Å². The highest BCUT2D eigenvalue weighted by Crippen LogP contribution is 2.25. The van der Waals surface area contributed by atoms with E-state index in [1.54, 1.807) is 0 Å². The summed E-state index contributed by atoms with van der Waals surface area (Å²) in [4.78, 5) is 3.69. The van der Waals surface area contributed by atoms with Crippen molar-refractivity contribution < 1.29 is 0 Å². The summed E-state index contributed by atoms with van der Waals surface area (Å²) >= 11 is 11.3. The summed E-state index contributed by atoms with van der Waals surface area (Å²) in [5.74, 6) is 0.540. The van der Waals surface area contributed by atoms with Gasteiger partial charge < -0.3 is 4.90 Å². The maximum atomic E-state index is 6.00. The molecule has 0 aliphatic heterocycles. The fraction of sp³-hybridized carbons (Fsp3) is 0.286. The summed E-state index contributed by atoms with van der Waals surface area (Å²) in [6, 6.07) is 10.6.